The van der Waals surface area contributed by atoms with Gasteiger partial charge in [-0.3, -0.25) is 14.4 Å². The Bertz CT molecular complexity index is 1570. The molecule has 0 aliphatic heterocycles. The van der Waals surface area contributed by atoms with Crippen molar-refractivity contribution in [3.63, 3.8) is 0 Å². The van der Waals surface area contributed by atoms with Gasteiger partial charge in [-0.1, -0.05) is 258 Å². The van der Waals surface area contributed by atoms with Crippen LogP contribution in [0.25, 0.3) is 0 Å². The average molecular weight is 1040 g/mol. The molecule has 0 aliphatic rings. The van der Waals surface area contributed by atoms with Crippen LogP contribution in [-0.2, 0) is 28.6 Å². The number of carbonyl (C=O) groups excluding carboxylic acids is 3. The Morgan fingerprint density at radius 3 is 0.813 bits per heavy atom. The molecule has 0 heterocycles. The number of rotatable bonds is 55. The maximum absolute atomic E-state index is 12.9. The number of hydrogen-bond acceptors (Lipinski definition) is 6. The number of unbranched alkanes of at least 4 members (excludes halogenated alkanes) is 24. The first-order chi connectivity index (χ1) is 37.0. The normalized spacial score (nSPS) is 12.9. The van der Waals surface area contributed by atoms with Gasteiger partial charge in [0.1, 0.15) is 13.2 Å². The van der Waals surface area contributed by atoms with Crippen LogP contribution < -0.4 is 0 Å². The standard InChI is InChI=1S/C69H114O6/c1-4-7-10-13-16-19-22-25-27-29-31-33-34-36-37-39-41-44-47-50-53-56-59-62-68(71)74-65-66(64-73-67(70)61-58-55-52-49-46-43-24-21-18-15-12-9-6-3)75-69(72)63-60-57-54-51-48-45-42-40-38-35-32-30-28-26-23-20-17-14-11-8-5-2/h7-8,10-12,15-17,19-21,24-28,31-33,35,66H,4-6,9,13-14,18,22-23,29-30,34,36-65H2,1-3H3/b10-7-,11-8-,15-12-,19-16-,20-17-,24-21-,27-25-,28-26-,33-31-,35-32-. The first-order valence-electron chi connectivity index (χ1n) is 31.0. The number of hydrogen-bond donors (Lipinski definition) is 0. The molecule has 0 N–H and O–H groups in total. The van der Waals surface area contributed by atoms with Crippen LogP contribution in [0.3, 0.4) is 0 Å². The van der Waals surface area contributed by atoms with Gasteiger partial charge < -0.3 is 14.2 Å². The maximum Gasteiger partial charge on any atom is 0.306 e. The molecule has 0 amide bonds. The topological polar surface area (TPSA) is 78.9 Å². The third-order valence-corrected chi connectivity index (χ3v) is 12.9. The van der Waals surface area contributed by atoms with E-state index in [4.69, 9.17) is 14.2 Å². The van der Waals surface area contributed by atoms with Gasteiger partial charge in [-0.15, -0.1) is 0 Å². The Morgan fingerprint density at radius 1 is 0.280 bits per heavy atom. The number of allylic oxidation sites excluding steroid dienone is 20. The summed E-state index contributed by atoms with van der Waals surface area (Å²) in [6, 6.07) is 0. The summed E-state index contributed by atoms with van der Waals surface area (Å²) in [5, 5.41) is 0. The maximum atomic E-state index is 12.9. The predicted molar refractivity (Wildman–Crippen MR) is 325 cm³/mol. The van der Waals surface area contributed by atoms with Crippen molar-refractivity contribution < 1.29 is 28.6 Å². The van der Waals surface area contributed by atoms with Crippen LogP contribution in [0, 0.1) is 0 Å². The van der Waals surface area contributed by atoms with Crippen LogP contribution in [0.5, 0.6) is 0 Å². The Kier molecular flexibility index (Phi) is 58.9. The summed E-state index contributed by atoms with van der Waals surface area (Å²) in [4.78, 5) is 38.3. The smallest absolute Gasteiger partial charge is 0.306 e. The molecule has 0 aromatic rings. The van der Waals surface area contributed by atoms with E-state index in [1.807, 2.05) is 0 Å². The molecular weight excluding hydrogens is 925 g/mol. The molecule has 0 aliphatic carbocycles. The van der Waals surface area contributed by atoms with Crippen LogP contribution in [0.4, 0.5) is 0 Å². The van der Waals surface area contributed by atoms with Gasteiger partial charge in [0.2, 0.25) is 0 Å². The van der Waals surface area contributed by atoms with E-state index < -0.39 is 6.10 Å². The van der Waals surface area contributed by atoms with Gasteiger partial charge in [0, 0.05) is 19.3 Å². The van der Waals surface area contributed by atoms with Crippen molar-refractivity contribution >= 4 is 17.9 Å². The summed E-state index contributed by atoms with van der Waals surface area (Å²) in [6.07, 6.45) is 86.2. The Balaban J connectivity index is 4.38. The molecule has 0 fully saturated rings. The summed E-state index contributed by atoms with van der Waals surface area (Å²) >= 11 is 0. The van der Waals surface area contributed by atoms with E-state index in [0.717, 1.165) is 148 Å². The van der Waals surface area contributed by atoms with Gasteiger partial charge in [-0.25, -0.2) is 0 Å². The SMILES string of the molecule is CC/C=C\C/C=C\C/C=C\C/C=C\CCCCCCCCCCCCC(=O)OCC(COC(=O)CCCCCCC/C=C\C/C=C\CCC)OC(=O)CCCCCCCCCC/C=C\C/C=C\C/C=C\C/C=C\CC. The van der Waals surface area contributed by atoms with Crippen LogP contribution in [0.1, 0.15) is 278 Å². The largest absolute Gasteiger partial charge is 0.462 e. The van der Waals surface area contributed by atoms with Gasteiger partial charge in [0.15, 0.2) is 6.10 Å². The van der Waals surface area contributed by atoms with E-state index in [0.29, 0.717) is 19.3 Å². The summed E-state index contributed by atoms with van der Waals surface area (Å²) in [5.41, 5.74) is 0. The van der Waals surface area contributed by atoms with E-state index in [2.05, 4.69) is 142 Å². The fourth-order valence-corrected chi connectivity index (χ4v) is 8.35. The van der Waals surface area contributed by atoms with Crippen molar-refractivity contribution in [2.45, 2.75) is 284 Å². The molecule has 0 spiro atoms. The zero-order valence-corrected chi connectivity index (χ0v) is 48.8. The van der Waals surface area contributed by atoms with E-state index in [-0.39, 0.29) is 31.1 Å². The highest BCUT2D eigenvalue weighted by atomic mass is 16.6. The van der Waals surface area contributed by atoms with E-state index in [1.54, 1.807) is 0 Å². The van der Waals surface area contributed by atoms with Crippen LogP contribution in [-0.4, -0.2) is 37.2 Å². The quantitative estimate of drug-likeness (QED) is 0.0261. The molecule has 1 atom stereocenters. The average Bonchev–Trinajstić information content (AvgIpc) is 3.41. The Labute approximate surface area is 462 Å². The monoisotopic (exact) mass is 1040 g/mol. The third kappa shape index (κ3) is 60.6. The fraction of sp³-hybridized carbons (Fsp3) is 0.667. The summed E-state index contributed by atoms with van der Waals surface area (Å²) in [5.74, 6) is -0.914. The first-order valence-corrected chi connectivity index (χ1v) is 31.0. The predicted octanol–water partition coefficient (Wildman–Crippen LogP) is 21.2. The van der Waals surface area contributed by atoms with E-state index in [9.17, 15) is 14.4 Å². The second-order valence-corrected chi connectivity index (χ2v) is 20.2. The van der Waals surface area contributed by atoms with Crippen molar-refractivity contribution in [1.82, 2.24) is 0 Å². The van der Waals surface area contributed by atoms with Gasteiger partial charge in [0.05, 0.1) is 0 Å². The van der Waals surface area contributed by atoms with Crippen LogP contribution in [0.2, 0.25) is 0 Å². The van der Waals surface area contributed by atoms with Crippen molar-refractivity contribution in [3.8, 4) is 0 Å². The highest BCUT2D eigenvalue weighted by Gasteiger charge is 2.19. The fourth-order valence-electron chi connectivity index (χ4n) is 8.35. The van der Waals surface area contributed by atoms with Gasteiger partial charge in [-0.05, 0) is 122 Å². The zero-order chi connectivity index (χ0) is 54.3. The highest BCUT2D eigenvalue weighted by molar-refractivity contribution is 5.71. The molecule has 0 bridgehead atoms. The molecule has 0 aromatic heterocycles. The number of esters is 3. The molecule has 6 nitrogen and oxygen atoms in total. The lowest BCUT2D eigenvalue weighted by Crippen LogP contribution is -2.30. The lowest BCUT2D eigenvalue weighted by atomic mass is 10.1. The molecule has 0 saturated heterocycles. The second-order valence-electron chi connectivity index (χ2n) is 20.2. The second kappa shape index (κ2) is 62.4. The molecule has 75 heavy (non-hydrogen) atoms. The Morgan fingerprint density at radius 2 is 0.520 bits per heavy atom. The third-order valence-electron chi connectivity index (χ3n) is 12.9. The molecule has 1 unspecified atom stereocenters. The summed E-state index contributed by atoms with van der Waals surface area (Å²) in [7, 11) is 0. The highest BCUT2D eigenvalue weighted by Crippen LogP contribution is 2.15. The van der Waals surface area contributed by atoms with Crippen molar-refractivity contribution in [1.29, 1.82) is 0 Å². The van der Waals surface area contributed by atoms with Crippen molar-refractivity contribution in [3.05, 3.63) is 122 Å². The molecule has 6 heteroatoms. The van der Waals surface area contributed by atoms with E-state index >= 15 is 0 Å². The van der Waals surface area contributed by atoms with Gasteiger partial charge >= 0.3 is 17.9 Å². The van der Waals surface area contributed by atoms with Crippen LogP contribution in [0.15, 0.2) is 122 Å². The minimum absolute atomic E-state index is 0.0902. The van der Waals surface area contributed by atoms with Gasteiger partial charge in [-0.2, -0.15) is 0 Å². The number of carbonyl (C=O) groups is 3. The molecule has 0 radical (unpaired) electrons. The molecular formula is C69H114O6. The van der Waals surface area contributed by atoms with E-state index in [1.165, 1.54) is 89.9 Å². The van der Waals surface area contributed by atoms with Crippen LogP contribution >= 0.6 is 0 Å². The minimum Gasteiger partial charge on any atom is -0.462 e. The molecule has 0 saturated carbocycles. The molecule has 426 valence electrons. The lowest BCUT2D eigenvalue weighted by Gasteiger charge is -2.18. The summed E-state index contributed by atoms with van der Waals surface area (Å²) < 4.78 is 16.9. The van der Waals surface area contributed by atoms with Gasteiger partial charge in [0.25, 0.3) is 0 Å². The van der Waals surface area contributed by atoms with Crippen molar-refractivity contribution in [2.75, 3.05) is 13.2 Å². The summed E-state index contributed by atoms with van der Waals surface area (Å²) in [6.45, 7) is 6.34. The zero-order valence-electron chi connectivity index (χ0n) is 48.8. The Hall–Kier alpha value is -4.19. The number of ether oxygens (including phenoxy) is 3. The minimum atomic E-state index is -0.794. The van der Waals surface area contributed by atoms with Crippen molar-refractivity contribution in [2.24, 2.45) is 0 Å². The lowest BCUT2D eigenvalue weighted by molar-refractivity contribution is -0.167. The molecule has 0 aromatic carbocycles. The molecule has 0 rings (SSSR count). The first kappa shape index (κ1) is 70.8.